The fourth-order valence-electron chi connectivity index (χ4n) is 10.4. The van der Waals surface area contributed by atoms with Gasteiger partial charge in [-0.15, -0.1) is 0 Å². The first-order chi connectivity index (χ1) is 30.7. The number of piperidine rings is 1. The monoisotopic (exact) mass is 918 g/mol. The second-order valence-corrected chi connectivity index (χ2v) is 20.0. The summed E-state index contributed by atoms with van der Waals surface area (Å²) in [5.41, 5.74) is 1.41. The highest BCUT2D eigenvalue weighted by molar-refractivity contribution is 6.39. The van der Waals surface area contributed by atoms with Gasteiger partial charge in [0.1, 0.15) is 24.4 Å². The summed E-state index contributed by atoms with van der Waals surface area (Å²) in [7, 11) is 4.63. The number of cyclic esters (lactones) is 1. The number of rotatable bonds is 6. The Morgan fingerprint density at radius 3 is 2.22 bits per heavy atom. The highest BCUT2D eigenvalue weighted by Gasteiger charge is 2.53. The fourth-order valence-corrected chi connectivity index (χ4v) is 10.4. The summed E-state index contributed by atoms with van der Waals surface area (Å²) in [6.45, 7) is 13.2. The van der Waals surface area contributed by atoms with Crippen LogP contribution in [0.2, 0.25) is 0 Å². The number of nitrogens with zero attached hydrogens (tertiary/aromatic N) is 1. The van der Waals surface area contributed by atoms with Crippen LogP contribution in [-0.2, 0) is 38.1 Å². The van der Waals surface area contributed by atoms with Gasteiger partial charge in [-0.1, -0.05) is 71.1 Å². The number of amides is 1. The van der Waals surface area contributed by atoms with Crippen LogP contribution in [0.1, 0.15) is 126 Å². The number of allylic oxidation sites excluding steroid dienone is 5. The Labute approximate surface area is 388 Å². The van der Waals surface area contributed by atoms with Crippen molar-refractivity contribution in [1.29, 1.82) is 0 Å². The SMILES string of the molecule is CO[C@H]1[C@@H](O)[C@H](C)C[C@H](C)/C=C/C=CC=C(C)[C@@H](OC)CC2CC[C@@H](C)[C@@](O)(O2)C(=O)C(=O)N2CCCCC2C(=O)O[C@H]([C@H](C)C[C@@H]2CC[C@@H](O)[C@H](OC)C2)C[C@H](O)[C@H](C)/C=C(\C)[C@@H]1O. The van der Waals surface area contributed by atoms with Gasteiger partial charge in [0, 0.05) is 52.6 Å². The Bertz CT molecular complexity index is 1660. The van der Waals surface area contributed by atoms with E-state index in [1.165, 1.54) is 12.0 Å². The van der Waals surface area contributed by atoms with Gasteiger partial charge in [0.05, 0.1) is 36.6 Å². The molecule has 370 valence electrons. The molecule has 0 aromatic heterocycles. The molecule has 2 saturated heterocycles. The van der Waals surface area contributed by atoms with Crippen molar-refractivity contribution in [1.82, 2.24) is 4.90 Å². The first-order valence-corrected chi connectivity index (χ1v) is 24.2. The van der Waals surface area contributed by atoms with Gasteiger partial charge in [0.2, 0.25) is 5.79 Å². The molecule has 14 heteroatoms. The minimum absolute atomic E-state index is 0.0359. The molecule has 65 heavy (non-hydrogen) atoms. The maximum Gasteiger partial charge on any atom is 0.329 e. The number of Topliss-reactive ketones (excluding diaryl/α,β-unsaturated/α-hetero) is 1. The summed E-state index contributed by atoms with van der Waals surface area (Å²) < 4.78 is 29.6. The average molecular weight is 918 g/mol. The van der Waals surface area contributed by atoms with Crippen molar-refractivity contribution in [3.8, 4) is 0 Å². The van der Waals surface area contributed by atoms with Gasteiger partial charge in [0.25, 0.3) is 11.7 Å². The zero-order valence-electron chi connectivity index (χ0n) is 40.8. The van der Waals surface area contributed by atoms with E-state index in [0.29, 0.717) is 63.4 Å². The molecule has 17 atom stereocenters. The van der Waals surface area contributed by atoms with Gasteiger partial charge in [-0.05, 0) is 113 Å². The Morgan fingerprint density at radius 1 is 0.815 bits per heavy atom. The summed E-state index contributed by atoms with van der Waals surface area (Å²) in [5.74, 6) is -6.69. The highest BCUT2D eigenvalue weighted by Crippen LogP contribution is 2.38. The number of fused-ring (bicyclic) bond motifs is 3. The quantitative estimate of drug-likeness (QED) is 0.122. The van der Waals surface area contributed by atoms with E-state index >= 15 is 0 Å². The third-order valence-corrected chi connectivity index (χ3v) is 14.9. The van der Waals surface area contributed by atoms with Crippen LogP contribution in [0.15, 0.2) is 47.6 Å². The average Bonchev–Trinajstić information content (AvgIpc) is 3.28. The largest absolute Gasteiger partial charge is 0.460 e. The van der Waals surface area contributed by atoms with Gasteiger partial charge in [-0.2, -0.15) is 0 Å². The molecule has 1 saturated carbocycles. The molecule has 0 radical (unpaired) electrons. The molecule has 0 aromatic rings. The predicted octanol–water partition coefficient (Wildman–Crippen LogP) is 5.76. The van der Waals surface area contributed by atoms with Gasteiger partial charge in [-0.3, -0.25) is 9.59 Å². The number of carbonyl (C=O) groups excluding carboxylic acids is 3. The molecule has 1 amide bonds. The second kappa shape index (κ2) is 25.5. The van der Waals surface area contributed by atoms with Crippen molar-refractivity contribution >= 4 is 17.7 Å². The first-order valence-electron chi connectivity index (χ1n) is 24.2. The summed E-state index contributed by atoms with van der Waals surface area (Å²) in [5, 5.41) is 57.2. The molecule has 3 heterocycles. The lowest BCUT2D eigenvalue weighted by molar-refractivity contribution is -0.265. The molecule has 0 spiro atoms. The van der Waals surface area contributed by atoms with Crippen molar-refractivity contribution in [2.45, 2.75) is 192 Å². The van der Waals surface area contributed by atoms with Gasteiger partial charge < -0.3 is 54.1 Å². The zero-order valence-corrected chi connectivity index (χ0v) is 40.8. The van der Waals surface area contributed by atoms with Crippen molar-refractivity contribution < 1.29 is 63.6 Å². The minimum Gasteiger partial charge on any atom is -0.460 e. The molecule has 5 N–H and O–H groups in total. The van der Waals surface area contributed by atoms with Gasteiger partial charge in [-0.25, -0.2) is 4.79 Å². The molecule has 0 aromatic carbocycles. The van der Waals surface area contributed by atoms with E-state index in [1.807, 2.05) is 58.1 Å². The third-order valence-electron chi connectivity index (χ3n) is 14.9. The number of ether oxygens (including phenoxy) is 5. The van der Waals surface area contributed by atoms with E-state index in [4.69, 9.17) is 23.7 Å². The second-order valence-electron chi connectivity index (χ2n) is 20.0. The van der Waals surface area contributed by atoms with Crippen LogP contribution in [0.4, 0.5) is 0 Å². The van der Waals surface area contributed by atoms with Crippen LogP contribution < -0.4 is 0 Å². The molecule has 3 fully saturated rings. The summed E-state index contributed by atoms with van der Waals surface area (Å²) in [6, 6.07) is -1.10. The lowest BCUT2D eigenvalue weighted by Crippen LogP contribution is -2.61. The number of esters is 1. The van der Waals surface area contributed by atoms with Crippen LogP contribution in [0.3, 0.4) is 0 Å². The Kier molecular flexibility index (Phi) is 21.5. The standard InChI is InChI=1S/C51H83NO13/c1-30-16-12-11-13-17-31(2)42(61-8)28-38-21-19-36(7)51(60,65-38)48(57)49(58)52-23-15-14-18-39(52)50(59)64-43(33(4)26-37-20-22-40(53)44(27-37)62-9)29-41(54)32(3)25-35(6)46(56)47(63-10)45(55)34(5)24-30/h11-13,16-17,25,30,32-34,36-47,53-56,60H,14-15,18-24,26-29H2,1-10H3/b13-11?,16-12+,31-17?,35-25+/t30-,32-,33-,34-,36-,37+,38?,39?,40-,41+,42+,43+,44-,45+,46+,47+,51-/m1/s1. The summed E-state index contributed by atoms with van der Waals surface area (Å²) in [4.78, 5) is 44.1. The summed E-state index contributed by atoms with van der Waals surface area (Å²) in [6.07, 6.45) is 10.6. The Morgan fingerprint density at radius 2 is 1.54 bits per heavy atom. The van der Waals surface area contributed by atoms with Crippen LogP contribution >= 0.6 is 0 Å². The van der Waals surface area contributed by atoms with Crippen molar-refractivity contribution in [2.75, 3.05) is 27.9 Å². The van der Waals surface area contributed by atoms with E-state index in [2.05, 4.69) is 6.92 Å². The molecule has 2 bridgehead atoms. The molecule has 4 rings (SSSR count). The molecule has 14 nitrogen and oxygen atoms in total. The van der Waals surface area contributed by atoms with E-state index < -0.39 is 90.2 Å². The van der Waals surface area contributed by atoms with E-state index in [-0.39, 0.29) is 49.2 Å². The smallest absolute Gasteiger partial charge is 0.329 e. The van der Waals surface area contributed by atoms with E-state index in [0.717, 1.165) is 12.0 Å². The number of hydrogen-bond donors (Lipinski definition) is 5. The summed E-state index contributed by atoms with van der Waals surface area (Å²) >= 11 is 0. The maximum absolute atomic E-state index is 14.4. The van der Waals surface area contributed by atoms with Crippen LogP contribution in [0.25, 0.3) is 0 Å². The minimum atomic E-state index is -2.41. The van der Waals surface area contributed by atoms with Crippen molar-refractivity contribution in [3.05, 3.63) is 47.6 Å². The van der Waals surface area contributed by atoms with Crippen molar-refractivity contribution in [2.24, 2.45) is 35.5 Å². The van der Waals surface area contributed by atoms with E-state index in [9.17, 15) is 39.9 Å². The number of hydrogen-bond acceptors (Lipinski definition) is 13. The first kappa shape index (κ1) is 54.8. The molecular formula is C51H83NO13. The van der Waals surface area contributed by atoms with Crippen LogP contribution in [-0.4, -0.2) is 143 Å². The van der Waals surface area contributed by atoms with E-state index in [1.54, 1.807) is 34.1 Å². The molecule has 2 unspecified atom stereocenters. The topological polar surface area (TPSA) is 202 Å². The van der Waals surface area contributed by atoms with Gasteiger partial charge in [0.15, 0.2) is 0 Å². The predicted molar refractivity (Wildman–Crippen MR) is 247 cm³/mol. The van der Waals surface area contributed by atoms with Crippen LogP contribution in [0.5, 0.6) is 0 Å². The number of ketones is 1. The fraction of sp³-hybridized carbons (Fsp3) is 0.784. The van der Waals surface area contributed by atoms with Crippen molar-refractivity contribution in [3.63, 3.8) is 0 Å². The lowest BCUT2D eigenvalue weighted by atomic mass is 9.78. The highest BCUT2D eigenvalue weighted by atomic mass is 16.6. The zero-order chi connectivity index (χ0) is 48.2. The normalized spacial score (nSPS) is 41.4. The molecular weight excluding hydrogens is 835 g/mol. The number of aliphatic hydroxyl groups excluding tert-OH is 4. The van der Waals surface area contributed by atoms with Gasteiger partial charge >= 0.3 is 5.97 Å². The number of carbonyl (C=O) groups is 3. The molecule has 1 aliphatic carbocycles. The Hall–Kier alpha value is -2.79. The molecule has 3 aliphatic heterocycles. The third kappa shape index (κ3) is 14.6. The number of methoxy groups -OCH3 is 3. The van der Waals surface area contributed by atoms with Crippen LogP contribution in [0, 0.1) is 35.5 Å². The number of aliphatic hydroxyl groups is 5. The molecule has 4 aliphatic rings. The lowest BCUT2D eigenvalue weighted by Gasteiger charge is -2.43. The maximum atomic E-state index is 14.4. The Balaban J connectivity index is 1.70.